The van der Waals surface area contributed by atoms with Crippen molar-refractivity contribution in [1.29, 1.82) is 0 Å². The second kappa shape index (κ2) is 8.52. The third-order valence-electron chi connectivity index (χ3n) is 4.47. The topological polar surface area (TPSA) is 24.5 Å². The van der Waals surface area contributed by atoms with Crippen LogP contribution in [0.1, 0.15) is 44.7 Å². The molecule has 0 radical (unpaired) electrons. The number of rotatable bonds is 8. The third kappa shape index (κ3) is 4.80. The first-order chi connectivity index (χ1) is 10.2. The van der Waals surface area contributed by atoms with E-state index in [1.807, 2.05) is 0 Å². The summed E-state index contributed by atoms with van der Waals surface area (Å²) >= 11 is 0. The monoisotopic (exact) mass is 290 g/mol. The van der Waals surface area contributed by atoms with Crippen LogP contribution in [0.5, 0.6) is 0 Å². The highest BCUT2D eigenvalue weighted by Crippen LogP contribution is 2.22. The molecule has 1 heterocycles. The lowest BCUT2D eigenvalue weighted by Crippen LogP contribution is -2.44. The van der Waals surface area contributed by atoms with Gasteiger partial charge in [-0.15, -0.1) is 0 Å². The predicted molar refractivity (Wildman–Crippen MR) is 88.5 cm³/mol. The van der Waals surface area contributed by atoms with Crippen LogP contribution in [0, 0.1) is 0 Å². The highest BCUT2D eigenvalue weighted by Gasteiger charge is 2.25. The lowest BCUT2D eigenvalue weighted by atomic mass is 9.99. The molecular formula is C18H30N2O. The Kier molecular flexibility index (Phi) is 6.68. The van der Waals surface area contributed by atoms with E-state index in [1.165, 1.54) is 18.4 Å². The molecule has 3 heteroatoms. The Labute approximate surface area is 129 Å². The van der Waals surface area contributed by atoms with Gasteiger partial charge in [-0.1, -0.05) is 37.3 Å². The average Bonchev–Trinajstić information content (AvgIpc) is 3.01. The maximum Gasteiger partial charge on any atom is 0.0702 e. The van der Waals surface area contributed by atoms with Crippen LogP contribution in [-0.4, -0.2) is 43.8 Å². The fourth-order valence-corrected chi connectivity index (χ4v) is 3.06. The molecule has 21 heavy (non-hydrogen) atoms. The molecule has 0 saturated carbocycles. The summed E-state index contributed by atoms with van der Waals surface area (Å²) in [5.41, 5.74) is 1.37. The molecule has 1 aromatic rings. The summed E-state index contributed by atoms with van der Waals surface area (Å²) in [4.78, 5) is 2.44. The summed E-state index contributed by atoms with van der Waals surface area (Å²) in [7, 11) is 2.22. The third-order valence-corrected chi connectivity index (χ3v) is 4.47. The van der Waals surface area contributed by atoms with Crippen LogP contribution in [0.2, 0.25) is 0 Å². The Balaban J connectivity index is 2.00. The summed E-state index contributed by atoms with van der Waals surface area (Å²) < 4.78 is 5.78. The Bertz CT molecular complexity index is 389. The van der Waals surface area contributed by atoms with Gasteiger partial charge in [-0.3, -0.25) is 4.90 Å². The largest absolute Gasteiger partial charge is 0.377 e. The number of benzene rings is 1. The maximum absolute atomic E-state index is 5.78. The first-order valence-corrected chi connectivity index (χ1v) is 8.32. The van der Waals surface area contributed by atoms with E-state index in [4.69, 9.17) is 4.74 Å². The van der Waals surface area contributed by atoms with Gasteiger partial charge < -0.3 is 10.1 Å². The highest BCUT2D eigenvalue weighted by atomic mass is 16.5. The molecule has 1 saturated heterocycles. The van der Waals surface area contributed by atoms with Gasteiger partial charge in [-0.05, 0) is 45.3 Å². The minimum absolute atomic E-state index is 0.373. The fourth-order valence-electron chi connectivity index (χ4n) is 3.06. The number of hydrogen-bond acceptors (Lipinski definition) is 3. The van der Waals surface area contributed by atoms with Crippen molar-refractivity contribution < 1.29 is 4.74 Å². The Morgan fingerprint density at radius 2 is 2.10 bits per heavy atom. The van der Waals surface area contributed by atoms with Crippen LogP contribution in [-0.2, 0) is 4.74 Å². The van der Waals surface area contributed by atoms with Crippen LogP contribution in [0.25, 0.3) is 0 Å². The second-order valence-electron chi connectivity index (χ2n) is 6.16. The summed E-state index contributed by atoms with van der Waals surface area (Å²) in [5, 5.41) is 3.71. The second-order valence-corrected chi connectivity index (χ2v) is 6.16. The standard InChI is InChI=1S/C18H30N2O/c1-4-12-19-18(16-9-6-5-7-10-16)15(2)20(3)14-17-11-8-13-21-17/h5-7,9-10,15,17-19H,4,8,11-14H2,1-3H3. The van der Waals surface area contributed by atoms with E-state index in [2.05, 4.69) is 61.4 Å². The first-order valence-electron chi connectivity index (χ1n) is 8.32. The van der Waals surface area contributed by atoms with Crippen molar-refractivity contribution >= 4 is 0 Å². The van der Waals surface area contributed by atoms with Gasteiger partial charge in [-0.25, -0.2) is 0 Å². The normalized spacial score (nSPS) is 21.6. The van der Waals surface area contributed by atoms with E-state index in [0.29, 0.717) is 18.2 Å². The zero-order valence-corrected chi connectivity index (χ0v) is 13.7. The molecule has 0 spiro atoms. The van der Waals surface area contributed by atoms with E-state index in [-0.39, 0.29) is 0 Å². The molecule has 1 aliphatic heterocycles. The maximum atomic E-state index is 5.78. The summed E-state index contributed by atoms with van der Waals surface area (Å²) in [6.45, 7) is 7.55. The van der Waals surface area contributed by atoms with Gasteiger partial charge in [-0.2, -0.15) is 0 Å². The number of likely N-dealkylation sites (N-methyl/N-ethyl adjacent to an activating group) is 1. The molecular weight excluding hydrogens is 260 g/mol. The molecule has 3 unspecified atom stereocenters. The van der Waals surface area contributed by atoms with Gasteiger partial charge in [0.15, 0.2) is 0 Å². The number of hydrogen-bond donors (Lipinski definition) is 1. The van der Waals surface area contributed by atoms with E-state index in [0.717, 1.165) is 26.1 Å². The smallest absolute Gasteiger partial charge is 0.0702 e. The summed E-state index contributed by atoms with van der Waals surface area (Å²) in [6, 6.07) is 11.6. The van der Waals surface area contributed by atoms with Crippen molar-refractivity contribution in [2.45, 2.75) is 51.3 Å². The average molecular weight is 290 g/mol. The molecule has 118 valence electrons. The van der Waals surface area contributed by atoms with Crippen LogP contribution < -0.4 is 5.32 Å². The zero-order valence-electron chi connectivity index (χ0n) is 13.7. The predicted octanol–water partition coefficient (Wildman–Crippen LogP) is 3.23. The van der Waals surface area contributed by atoms with E-state index in [9.17, 15) is 0 Å². The Morgan fingerprint density at radius 1 is 1.33 bits per heavy atom. The Morgan fingerprint density at radius 3 is 2.71 bits per heavy atom. The van der Waals surface area contributed by atoms with Gasteiger partial charge >= 0.3 is 0 Å². The molecule has 3 atom stereocenters. The first kappa shape index (κ1) is 16.5. The van der Waals surface area contributed by atoms with Gasteiger partial charge in [0, 0.05) is 25.2 Å². The van der Waals surface area contributed by atoms with Crippen molar-refractivity contribution in [3.05, 3.63) is 35.9 Å². The molecule has 1 N–H and O–H groups in total. The quantitative estimate of drug-likeness (QED) is 0.795. The molecule has 0 amide bonds. The van der Waals surface area contributed by atoms with Crippen molar-refractivity contribution in [1.82, 2.24) is 10.2 Å². The summed E-state index contributed by atoms with van der Waals surface area (Å²) in [5.74, 6) is 0. The van der Waals surface area contributed by atoms with Crippen molar-refractivity contribution in [2.75, 3.05) is 26.7 Å². The molecule has 1 aromatic carbocycles. The zero-order chi connectivity index (χ0) is 15.1. The molecule has 1 aliphatic rings. The molecule has 0 bridgehead atoms. The van der Waals surface area contributed by atoms with Crippen molar-refractivity contribution in [3.63, 3.8) is 0 Å². The van der Waals surface area contributed by atoms with E-state index >= 15 is 0 Å². The molecule has 1 fully saturated rings. The SMILES string of the molecule is CCCNC(c1ccccc1)C(C)N(C)CC1CCCO1. The minimum atomic E-state index is 0.373. The van der Waals surface area contributed by atoms with Gasteiger partial charge in [0.2, 0.25) is 0 Å². The molecule has 0 aromatic heterocycles. The van der Waals surface area contributed by atoms with E-state index < -0.39 is 0 Å². The van der Waals surface area contributed by atoms with Crippen LogP contribution in [0.3, 0.4) is 0 Å². The van der Waals surface area contributed by atoms with Crippen LogP contribution in [0.15, 0.2) is 30.3 Å². The Hall–Kier alpha value is -0.900. The molecule has 2 rings (SSSR count). The highest BCUT2D eigenvalue weighted by molar-refractivity contribution is 5.20. The lowest BCUT2D eigenvalue weighted by molar-refractivity contribution is 0.0639. The van der Waals surface area contributed by atoms with Crippen LogP contribution in [0.4, 0.5) is 0 Å². The number of nitrogens with zero attached hydrogens (tertiary/aromatic N) is 1. The van der Waals surface area contributed by atoms with Gasteiger partial charge in [0.1, 0.15) is 0 Å². The van der Waals surface area contributed by atoms with E-state index in [1.54, 1.807) is 0 Å². The van der Waals surface area contributed by atoms with Gasteiger partial charge in [0.25, 0.3) is 0 Å². The fraction of sp³-hybridized carbons (Fsp3) is 0.667. The molecule has 0 aliphatic carbocycles. The summed E-state index contributed by atoms with van der Waals surface area (Å²) in [6.07, 6.45) is 3.99. The molecule has 3 nitrogen and oxygen atoms in total. The number of ether oxygens (including phenoxy) is 1. The van der Waals surface area contributed by atoms with Crippen LogP contribution >= 0.6 is 0 Å². The lowest BCUT2D eigenvalue weighted by Gasteiger charge is -2.34. The van der Waals surface area contributed by atoms with Gasteiger partial charge in [0.05, 0.1) is 6.10 Å². The van der Waals surface area contributed by atoms with Crippen molar-refractivity contribution in [2.24, 2.45) is 0 Å². The minimum Gasteiger partial charge on any atom is -0.377 e. The van der Waals surface area contributed by atoms with Crippen molar-refractivity contribution in [3.8, 4) is 0 Å². The number of nitrogens with one attached hydrogen (secondary N) is 1.